The fourth-order valence-corrected chi connectivity index (χ4v) is 2.57. The van der Waals surface area contributed by atoms with Crippen LogP contribution in [0.4, 0.5) is 0 Å². The van der Waals surface area contributed by atoms with Gasteiger partial charge < -0.3 is 15.2 Å². The second-order valence-electron chi connectivity index (χ2n) is 5.46. The average Bonchev–Trinajstić information content (AvgIpc) is 2.86. The predicted octanol–water partition coefficient (Wildman–Crippen LogP) is 0.900. The lowest BCUT2D eigenvalue weighted by Crippen LogP contribution is -2.43. The number of carbonyl (C=O) groups is 1. The third-order valence-corrected chi connectivity index (χ3v) is 3.69. The van der Waals surface area contributed by atoms with Crippen molar-refractivity contribution in [1.29, 1.82) is 0 Å². The summed E-state index contributed by atoms with van der Waals surface area (Å²) >= 11 is 0. The van der Waals surface area contributed by atoms with Gasteiger partial charge >= 0.3 is 0 Å². The molecule has 0 aliphatic carbocycles. The van der Waals surface area contributed by atoms with Crippen LogP contribution in [-0.2, 0) is 6.54 Å². The van der Waals surface area contributed by atoms with Gasteiger partial charge in [0, 0.05) is 38.9 Å². The fourth-order valence-electron chi connectivity index (χ4n) is 2.57. The molecule has 0 bridgehead atoms. The number of hydrogen-bond donors (Lipinski definition) is 2. The molecule has 1 saturated heterocycles. The van der Waals surface area contributed by atoms with Crippen molar-refractivity contribution in [3.8, 4) is 0 Å². The van der Waals surface area contributed by atoms with E-state index in [1.54, 1.807) is 19.0 Å². The third kappa shape index (κ3) is 3.58. The van der Waals surface area contributed by atoms with E-state index < -0.39 is 0 Å². The Balaban J connectivity index is 1.94. The van der Waals surface area contributed by atoms with Crippen LogP contribution in [0.15, 0.2) is 12.1 Å². The summed E-state index contributed by atoms with van der Waals surface area (Å²) in [6, 6.07) is 4.48. The van der Waals surface area contributed by atoms with Crippen molar-refractivity contribution in [3.05, 3.63) is 23.5 Å². The molecular weight excluding hydrogens is 240 g/mol. The second kappa shape index (κ2) is 6.21. The fraction of sp³-hybridized carbons (Fsp3) is 0.643. The Bertz CT molecular complexity index is 427. The first-order valence-electron chi connectivity index (χ1n) is 6.89. The highest BCUT2D eigenvalue weighted by atomic mass is 16.2. The van der Waals surface area contributed by atoms with Gasteiger partial charge in [0.2, 0.25) is 0 Å². The van der Waals surface area contributed by atoms with Crippen molar-refractivity contribution in [2.75, 3.05) is 34.2 Å². The first kappa shape index (κ1) is 14.1. The average molecular weight is 264 g/mol. The molecule has 1 atom stereocenters. The van der Waals surface area contributed by atoms with Gasteiger partial charge in [-0.05, 0) is 38.6 Å². The Hall–Kier alpha value is -1.33. The zero-order valence-corrected chi connectivity index (χ0v) is 12.1. The van der Waals surface area contributed by atoms with Crippen LogP contribution < -0.4 is 5.32 Å². The Labute approximate surface area is 115 Å². The summed E-state index contributed by atoms with van der Waals surface area (Å²) in [7, 11) is 5.56. The van der Waals surface area contributed by atoms with E-state index in [0.717, 1.165) is 25.3 Å². The number of hydrogen-bond acceptors (Lipinski definition) is 3. The first-order valence-corrected chi connectivity index (χ1v) is 6.89. The number of likely N-dealkylation sites (N-methyl/N-ethyl adjacent to an activating group) is 1. The Morgan fingerprint density at radius 3 is 3.00 bits per heavy atom. The van der Waals surface area contributed by atoms with Crippen molar-refractivity contribution in [2.45, 2.75) is 25.4 Å². The molecule has 106 valence electrons. The van der Waals surface area contributed by atoms with Crippen molar-refractivity contribution < 1.29 is 4.79 Å². The van der Waals surface area contributed by atoms with Crippen LogP contribution in [0.3, 0.4) is 0 Å². The van der Waals surface area contributed by atoms with Gasteiger partial charge in [-0.1, -0.05) is 0 Å². The first-order chi connectivity index (χ1) is 9.10. The largest absolute Gasteiger partial charge is 0.353 e. The van der Waals surface area contributed by atoms with Gasteiger partial charge in [-0.3, -0.25) is 9.69 Å². The van der Waals surface area contributed by atoms with Gasteiger partial charge in [0.25, 0.3) is 5.91 Å². The molecule has 5 nitrogen and oxygen atoms in total. The Morgan fingerprint density at radius 2 is 2.32 bits per heavy atom. The number of piperidine rings is 1. The molecule has 2 N–H and O–H groups in total. The van der Waals surface area contributed by atoms with E-state index in [1.165, 1.54) is 12.8 Å². The highest BCUT2D eigenvalue weighted by Gasteiger charge is 2.19. The molecule has 0 radical (unpaired) electrons. The minimum Gasteiger partial charge on any atom is -0.353 e. The number of carbonyl (C=O) groups excluding carboxylic acids is 1. The molecule has 5 heteroatoms. The molecule has 0 aromatic carbocycles. The zero-order chi connectivity index (χ0) is 13.8. The van der Waals surface area contributed by atoms with E-state index in [4.69, 9.17) is 0 Å². The van der Waals surface area contributed by atoms with Crippen LogP contribution in [0.1, 0.15) is 29.0 Å². The highest BCUT2D eigenvalue weighted by Crippen LogP contribution is 2.13. The number of H-pyrrole nitrogens is 1. The molecule has 0 spiro atoms. The second-order valence-corrected chi connectivity index (χ2v) is 5.46. The van der Waals surface area contributed by atoms with Crippen molar-refractivity contribution in [3.63, 3.8) is 0 Å². The van der Waals surface area contributed by atoms with Gasteiger partial charge in [0.1, 0.15) is 5.69 Å². The van der Waals surface area contributed by atoms with Crippen molar-refractivity contribution in [1.82, 2.24) is 20.1 Å². The Morgan fingerprint density at radius 1 is 1.53 bits per heavy atom. The molecule has 0 saturated carbocycles. The smallest absolute Gasteiger partial charge is 0.269 e. The summed E-state index contributed by atoms with van der Waals surface area (Å²) in [6.07, 6.45) is 2.48. The standard InChI is InChI=1S/C14H24N4O/c1-15-11-5-4-8-18(9-11)10-12-6-7-13(16-12)14(19)17(2)3/h6-7,11,15-16H,4-5,8-10H2,1-3H3. The number of amides is 1. The number of nitrogens with one attached hydrogen (secondary N) is 2. The molecular formula is C14H24N4O. The van der Waals surface area contributed by atoms with E-state index in [-0.39, 0.29) is 5.91 Å². The minimum atomic E-state index is 0.0259. The van der Waals surface area contributed by atoms with Crippen molar-refractivity contribution >= 4 is 5.91 Å². The summed E-state index contributed by atoms with van der Waals surface area (Å²) in [5, 5.41) is 3.35. The summed E-state index contributed by atoms with van der Waals surface area (Å²) < 4.78 is 0. The van der Waals surface area contributed by atoms with Gasteiger partial charge in [-0.15, -0.1) is 0 Å². The molecule has 2 heterocycles. The number of nitrogens with zero attached hydrogens (tertiary/aromatic N) is 2. The number of likely N-dealkylation sites (tertiary alicyclic amines) is 1. The molecule has 1 fully saturated rings. The SMILES string of the molecule is CNC1CCCN(Cc2ccc(C(=O)N(C)C)[nH]2)C1. The van der Waals surface area contributed by atoms with Crippen LogP contribution in [0.5, 0.6) is 0 Å². The number of rotatable bonds is 4. The molecule has 1 aliphatic rings. The van der Waals surface area contributed by atoms with Crippen LogP contribution in [0, 0.1) is 0 Å². The summed E-state index contributed by atoms with van der Waals surface area (Å²) in [4.78, 5) is 19.1. The molecule has 2 rings (SSSR count). The minimum absolute atomic E-state index is 0.0259. The maximum absolute atomic E-state index is 11.8. The van der Waals surface area contributed by atoms with E-state index in [1.807, 2.05) is 19.2 Å². The summed E-state index contributed by atoms with van der Waals surface area (Å²) in [5.74, 6) is 0.0259. The number of aromatic amines is 1. The maximum atomic E-state index is 11.8. The molecule has 1 aromatic rings. The van der Waals surface area contributed by atoms with Crippen LogP contribution >= 0.6 is 0 Å². The quantitative estimate of drug-likeness (QED) is 0.849. The normalized spacial score (nSPS) is 20.5. The summed E-state index contributed by atoms with van der Waals surface area (Å²) in [6.45, 7) is 3.10. The molecule has 1 unspecified atom stereocenters. The third-order valence-electron chi connectivity index (χ3n) is 3.69. The van der Waals surface area contributed by atoms with Crippen LogP contribution in [0.25, 0.3) is 0 Å². The van der Waals surface area contributed by atoms with Crippen LogP contribution in [-0.4, -0.2) is 61.0 Å². The summed E-state index contributed by atoms with van der Waals surface area (Å²) in [5.41, 5.74) is 1.78. The van der Waals surface area contributed by atoms with E-state index in [0.29, 0.717) is 11.7 Å². The monoisotopic (exact) mass is 264 g/mol. The van der Waals surface area contributed by atoms with Crippen molar-refractivity contribution in [2.24, 2.45) is 0 Å². The van der Waals surface area contributed by atoms with Gasteiger partial charge in [0.15, 0.2) is 0 Å². The van der Waals surface area contributed by atoms with Crippen LogP contribution in [0.2, 0.25) is 0 Å². The van der Waals surface area contributed by atoms with E-state index in [2.05, 4.69) is 15.2 Å². The Kier molecular flexibility index (Phi) is 4.61. The molecule has 1 amide bonds. The van der Waals surface area contributed by atoms with Gasteiger partial charge in [-0.2, -0.15) is 0 Å². The molecule has 19 heavy (non-hydrogen) atoms. The van der Waals surface area contributed by atoms with Gasteiger partial charge in [-0.25, -0.2) is 0 Å². The lowest BCUT2D eigenvalue weighted by atomic mass is 10.1. The predicted molar refractivity (Wildman–Crippen MR) is 76.2 cm³/mol. The van der Waals surface area contributed by atoms with Gasteiger partial charge in [0.05, 0.1) is 0 Å². The number of aromatic nitrogens is 1. The maximum Gasteiger partial charge on any atom is 0.269 e. The van der Waals surface area contributed by atoms with E-state index in [9.17, 15) is 4.79 Å². The highest BCUT2D eigenvalue weighted by molar-refractivity contribution is 5.92. The lowest BCUT2D eigenvalue weighted by Gasteiger charge is -2.32. The molecule has 1 aliphatic heterocycles. The topological polar surface area (TPSA) is 51.4 Å². The molecule has 1 aromatic heterocycles. The lowest BCUT2D eigenvalue weighted by molar-refractivity contribution is 0.0822. The van der Waals surface area contributed by atoms with E-state index >= 15 is 0 Å². The zero-order valence-electron chi connectivity index (χ0n) is 12.1.